The molecule has 4 nitrogen and oxygen atoms in total. The van der Waals surface area contributed by atoms with E-state index in [1.165, 1.54) is 0 Å². The lowest BCUT2D eigenvalue weighted by molar-refractivity contribution is -0.138. The van der Waals surface area contributed by atoms with E-state index >= 15 is 0 Å². The summed E-state index contributed by atoms with van der Waals surface area (Å²) in [5.74, 6) is -0.574. The van der Waals surface area contributed by atoms with Crippen molar-refractivity contribution in [2.45, 2.75) is 32.7 Å². The summed E-state index contributed by atoms with van der Waals surface area (Å²) in [6, 6.07) is 5.99. The first-order valence-electron chi connectivity index (χ1n) is 6.37. The number of benzene rings is 1. The smallest absolute Gasteiger partial charge is 0.310 e. The minimum Gasteiger partial charge on any atom is -0.495 e. The van der Waals surface area contributed by atoms with Gasteiger partial charge in [-0.3, -0.25) is 4.79 Å². The molecule has 2 rings (SSSR count). The predicted molar refractivity (Wildman–Crippen MR) is 74.9 cm³/mol. The number of fused-ring (bicyclic) bond motifs is 1. The summed E-state index contributed by atoms with van der Waals surface area (Å²) in [4.78, 5) is 11.2. The highest BCUT2D eigenvalue weighted by Gasteiger charge is 2.22. The van der Waals surface area contributed by atoms with E-state index in [1.807, 2.05) is 24.4 Å². The van der Waals surface area contributed by atoms with E-state index in [1.54, 1.807) is 14.0 Å². The quantitative estimate of drug-likeness (QED) is 0.917. The van der Waals surface area contributed by atoms with Crippen molar-refractivity contribution in [3.05, 3.63) is 30.0 Å². The van der Waals surface area contributed by atoms with E-state index in [9.17, 15) is 9.90 Å². The zero-order valence-corrected chi connectivity index (χ0v) is 11.7. The molecular formula is C15H19NO3. The number of ether oxygens (including phenoxy) is 1. The van der Waals surface area contributed by atoms with Gasteiger partial charge in [-0.15, -0.1) is 0 Å². The van der Waals surface area contributed by atoms with Crippen LogP contribution in [0.3, 0.4) is 0 Å². The van der Waals surface area contributed by atoms with Crippen LogP contribution in [0.25, 0.3) is 10.9 Å². The molecule has 2 aromatic rings. The van der Waals surface area contributed by atoms with Crippen LogP contribution < -0.4 is 4.74 Å². The van der Waals surface area contributed by atoms with Crippen molar-refractivity contribution in [3.8, 4) is 5.75 Å². The number of carboxylic acid groups (broad SMARTS) is 1. The maximum Gasteiger partial charge on any atom is 0.310 e. The number of aromatic nitrogens is 1. The van der Waals surface area contributed by atoms with Crippen LogP contribution in [-0.2, 0) is 4.79 Å². The van der Waals surface area contributed by atoms with Crippen LogP contribution in [0.4, 0.5) is 0 Å². The molecule has 1 aromatic carbocycles. The lowest BCUT2D eigenvalue weighted by Gasteiger charge is -2.11. The lowest BCUT2D eigenvalue weighted by atomic mass is 10.0. The summed E-state index contributed by atoms with van der Waals surface area (Å²) in [6.45, 7) is 5.85. The first-order chi connectivity index (χ1) is 8.97. The van der Waals surface area contributed by atoms with Crippen LogP contribution in [-0.4, -0.2) is 22.8 Å². The fraction of sp³-hybridized carbons (Fsp3) is 0.400. The molecule has 1 aromatic heterocycles. The molecule has 19 heavy (non-hydrogen) atoms. The maximum absolute atomic E-state index is 11.2. The molecule has 0 bridgehead atoms. The third kappa shape index (κ3) is 2.18. The molecule has 0 radical (unpaired) electrons. The summed E-state index contributed by atoms with van der Waals surface area (Å²) >= 11 is 0. The Morgan fingerprint density at radius 1 is 1.32 bits per heavy atom. The topological polar surface area (TPSA) is 51.5 Å². The van der Waals surface area contributed by atoms with Gasteiger partial charge in [0, 0.05) is 17.6 Å². The summed E-state index contributed by atoms with van der Waals surface area (Å²) in [5.41, 5.74) is 1.79. The molecule has 102 valence electrons. The molecule has 1 atom stereocenters. The van der Waals surface area contributed by atoms with Gasteiger partial charge in [0.05, 0.1) is 18.5 Å². The highest BCUT2D eigenvalue weighted by atomic mass is 16.5. The van der Waals surface area contributed by atoms with Gasteiger partial charge in [-0.1, -0.05) is 12.1 Å². The van der Waals surface area contributed by atoms with Crippen molar-refractivity contribution in [1.29, 1.82) is 0 Å². The van der Waals surface area contributed by atoms with E-state index in [0.29, 0.717) is 0 Å². The highest BCUT2D eigenvalue weighted by Crippen LogP contribution is 2.35. The van der Waals surface area contributed by atoms with Gasteiger partial charge >= 0.3 is 5.97 Å². The van der Waals surface area contributed by atoms with Gasteiger partial charge in [0.15, 0.2) is 0 Å². The van der Waals surface area contributed by atoms with Crippen molar-refractivity contribution in [2.24, 2.45) is 0 Å². The number of nitrogens with zero attached hydrogens (tertiary/aromatic N) is 1. The first kappa shape index (κ1) is 13.5. The average molecular weight is 261 g/mol. The Balaban J connectivity index is 2.78. The number of methoxy groups -OCH3 is 1. The molecule has 0 saturated heterocycles. The van der Waals surface area contributed by atoms with Crippen LogP contribution >= 0.6 is 0 Å². The highest BCUT2D eigenvalue weighted by molar-refractivity contribution is 5.93. The fourth-order valence-electron chi connectivity index (χ4n) is 2.36. The SMILES string of the molecule is COc1cccc2c(C(C)C(=O)O)cn(C(C)C)c12. The van der Waals surface area contributed by atoms with Gasteiger partial charge in [0.1, 0.15) is 5.75 Å². The van der Waals surface area contributed by atoms with Crippen molar-refractivity contribution in [2.75, 3.05) is 7.11 Å². The Hall–Kier alpha value is -1.97. The van der Waals surface area contributed by atoms with Gasteiger partial charge in [-0.05, 0) is 32.4 Å². The lowest BCUT2D eigenvalue weighted by Crippen LogP contribution is -2.07. The van der Waals surface area contributed by atoms with Gasteiger partial charge < -0.3 is 14.4 Å². The fourth-order valence-corrected chi connectivity index (χ4v) is 2.36. The predicted octanol–water partition coefficient (Wildman–Crippen LogP) is 3.42. The van der Waals surface area contributed by atoms with Crippen LogP contribution in [0.15, 0.2) is 24.4 Å². The van der Waals surface area contributed by atoms with E-state index in [2.05, 4.69) is 18.4 Å². The Labute approximate surface area is 112 Å². The molecule has 1 heterocycles. The second kappa shape index (κ2) is 4.96. The van der Waals surface area contributed by atoms with Crippen LogP contribution in [0.5, 0.6) is 5.75 Å². The number of para-hydroxylation sites is 1. The third-order valence-corrected chi connectivity index (χ3v) is 3.46. The molecule has 0 spiro atoms. The van der Waals surface area contributed by atoms with E-state index in [-0.39, 0.29) is 6.04 Å². The summed E-state index contributed by atoms with van der Waals surface area (Å²) in [7, 11) is 1.63. The molecule has 0 aliphatic carbocycles. The minimum atomic E-state index is -0.814. The first-order valence-corrected chi connectivity index (χ1v) is 6.37. The molecule has 0 saturated carbocycles. The summed E-state index contributed by atoms with van der Waals surface area (Å²) in [6.07, 6.45) is 1.93. The Morgan fingerprint density at radius 3 is 2.53 bits per heavy atom. The monoisotopic (exact) mass is 261 g/mol. The molecule has 1 unspecified atom stereocenters. The van der Waals surface area contributed by atoms with E-state index in [0.717, 1.165) is 22.2 Å². The molecule has 0 aliphatic heterocycles. The van der Waals surface area contributed by atoms with Gasteiger partial charge in [0.2, 0.25) is 0 Å². The zero-order chi connectivity index (χ0) is 14.2. The van der Waals surface area contributed by atoms with Crippen LogP contribution in [0.2, 0.25) is 0 Å². The molecule has 4 heteroatoms. The second-order valence-corrected chi connectivity index (χ2v) is 5.00. The molecular weight excluding hydrogens is 242 g/mol. The number of carbonyl (C=O) groups is 1. The average Bonchev–Trinajstić information content (AvgIpc) is 2.77. The molecule has 1 N–H and O–H groups in total. The van der Waals surface area contributed by atoms with Crippen LogP contribution in [0.1, 0.15) is 38.3 Å². The van der Waals surface area contributed by atoms with Crippen molar-refractivity contribution < 1.29 is 14.6 Å². The van der Waals surface area contributed by atoms with E-state index < -0.39 is 11.9 Å². The second-order valence-electron chi connectivity index (χ2n) is 5.00. The van der Waals surface area contributed by atoms with Gasteiger partial charge in [-0.25, -0.2) is 0 Å². The maximum atomic E-state index is 11.2. The number of hydrogen-bond acceptors (Lipinski definition) is 2. The van der Waals surface area contributed by atoms with E-state index in [4.69, 9.17) is 4.74 Å². The standard InChI is InChI=1S/C15H19NO3/c1-9(2)16-8-12(10(3)15(17)18)11-6-5-7-13(19-4)14(11)16/h5-10H,1-4H3,(H,17,18). The molecule has 0 amide bonds. The van der Waals surface area contributed by atoms with Gasteiger partial charge in [-0.2, -0.15) is 0 Å². The summed E-state index contributed by atoms with van der Waals surface area (Å²) in [5, 5.41) is 10.2. The largest absolute Gasteiger partial charge is 0.495 e. The Bertz CT molecular complexity index is 613. The van der Waals surface area contributed by atoms with Crippen molar-refractivity contribution in [1.82, 2.24) is 4.57 Å². The van der Waals surface area contributed by atoms with Crippen molar-refractivity contribution >= 4 is 16.9 Å². The zero-order valence-electron chi connectivity index (χ0n) is 11.7. The van der Waals surface area contributed by atoms with Crippen molar-refractivity contribution in [3.63, 3.8) is 0 Å². The third-order valence-electron chi connectivity index (χ3n) is 3.46. The summed E-state index contributed by atoms with van der Waals surface area (Å²) < 4.78 is 7.48. The van der Waals surface area contributed by atoms with Gasteiger partial charge in [0.25, 0.3) is 0 Å². The Kier molecular flexibility index (Phi) is 3.51. The number of hydrogen-bond donors (Lipinski definition) is 1. The normalized spacial score (nSPS) is 12.9. The van der Waals surface area contributed by atoms with Crippen LogP contribution in [0, 0.1) is 0 Å². The number of carboxylic acids is 1. The molecule has 0 aliphatic rings. The number of rotatable bonds is 4. The number of aliphatic carboxylic acids is 1. The minimum absolute atomic E-state index is 0.244. The Morgan fingerprint density at radius 2 is 2.00 bits per heavy atom. The molecule has 0 fully saturated rings.